The molecule has 2 fully saturated rings. The minimum absolute atomic E-state index is 0.0515. The summed E-state index contributed by atoms with van der Waals surface area (Å²) < 4.78 is 8.12. The molecule has 0 unspecified atom stereocenters. The van der Waals surface area contributed by atoms with Crippen molar-refractivity contribution in [3.63, 3.8) is 0 Å². The molecule has 1 heterocycles. The van der Waals surface area contributed by atoms with Crippen molar-refractivity contribution in [3.05, 3.63) is 94.9 Å². The molecule has 3 aromatic rings. The Balaban J connectivity index is 1.41. The lowest BCUT2D eigenvalue weighted by atomic mass is 9.94. The summed E-state index contributed by atoms with van der Waals surface area (Å²) >= 11 is 12.4. The number of carbonyl (C=O) groups is 1. The molecule has 0 spiro atoms. The van der Waals surface area contributed by atoms with Crippen LogP contribution in [0.3, 0.4) is 0 Å². The van der Waals surface area contributed by atoms with E-state index >= 15 is 0 Å². The molecule has 1 aliphatic carbocycles. The van der Waals surface area contributed by atoms with Crippen molar-refractivity contribution in [3.8, 4) is 5.75 Å². The number of benzene rings is 3. The average molecular weight is 755 g/mol. The monoisotopic (exact) mass is 754 g/mol. The van der Waals surface area contributed by atoms with E-state index in [0.717, 1.165) is 60.6 Å². The largest absolute Gasteiger partial charge is 0.487 e. The number of amides is 1. The Hall–Kier alpha value is -1.56. The zero-order valence-electron chi connectivity index (χ0n) is 20.0. The molecular formula is C29H25ClI2N2O2S. The van der Waals surface area contributed by atoms with Gasteiger partial charge in [0.15, 0.2) is 5.17 Å². The molecule has 190 valence electrons. The Morgan fingerprint density at radius 2 is 1.68 bits per heavy atom. The van der Waals surface area contributed by atoms with Crippen LogP contribution in [-0.4, -0.2) is 22.0 Å². The average Bonchev–Trinajstić information content (AvgIpc) is 3.19. The SMILES string of the molecule is O=C1/C(=C/c2cc(I)c(OCc3ccccc3Cl)c(I)c2)SC(=Nc2ccccc2)N1C1CCCCC1. The van der Waals surface area contributed by atoms with E-state index in [1.807, 2.05) is 65.6 Å². The van der Waals surface area contributed by atoms with Crippen molar-refractivity contribution < 1.29 is 9.53 Å². The van der Waals surface area contributed by atoms with Crippen molar-refractivity contribution in [2.45, 2.75) is 44.8 Å². The Morgan fingerprint density at radius 3 is 2.38 bits per heavy atom. The van der Waals surface area contributed by atoms with Crippen molar-refractivity contribution in [2.24, 2.45) is 4.99 Å². The first-order valence-electron chi connectivity index (χ1n) is 12.2. The molecule has 0 radical (unpaired) electrons. The van der Waals surface area contributed by atoms with Crippen LogP contribution < -0.4 is 4.74 Å². The lowest BCUT2D eigenvalue weighted by Crippen LogP contribution is -2.40. The first kappa shape index (κ1) is 27.0. The fourth-order valence-corrected chi connectivity index (χ4v) is 7.93. The second-order valence-corrected chi connectivity index (χ2v) is 12.7. The third-order valence-corrected chi connectivity index (χ3v) is 9.36. The van der Waals surface area contributed by atoms with Crippen molar-refractivity contribution in [2.75, 3.05) is 0 Å². The van der Waals surface area contributed by atoms with E-state index in [9.17, 15) is 4.79 Å². The standard InChI is InChI=1S/C29H25ClI2N2O2S/c30-23-14-8-7-9-20(23)18-36-27-24(31)15-19(16-25(27)32)17-26-28(35)34(22-12-5-2-6-13-22)29(37-26)33-21-10-3-1-4-11-21/h1,3-4,7-11,14-17,22H,2,5-6,12-13,18H2/b26-17-,33-29?. The van der Waals surface area contributed by atoms with Gasteiger partial charge < -0.3 is 4.74 Å². The molecule has 5 rings (SSSR count). The number of thioether (sulfide) groups is 1. The van der Waals surface area contributed by atoms with Crippen molar-refractivity contribution in [1.29, 1.82) is 0 Å². The van der Waals surface area contributed by atoms with Crippen LogP contribution >= 0.6 is 68.5 Å². The normalized spacial score (nSPS) is 18.7. The zero-order valence-corrected chi connectivity index (χ0v) is 25.9. The summed E-state index contributed by atoms with van der Waals surface area (Å²) in [6.45, 7) is 0.399. The quantitative estimate of drug-likeness (QED) is 0.186. The Morgan fingerprint density at radius 1 is 1.00 bits per heavy atom. The molecule has 37 heavy (non-hydrogen) atoms. The van der Waals surface area contributed by atoms with Crippen LogP contribution in [0.15, 0.2) is 76.6 Å². The van der Waals surface area contributed by atoms with Crippen LogP contribution in [0.4, 0.5) is 5.69 Å². The highest BCUT2D eigenvalue weighted by Crippen LogP contribution is 2.39. The molecule has 0 bridgehead atoms. The van der Waals surface area contributed by atoms with Gasteiger partial charge in [0, 0.05) is 16.6 Å². The molecule has 1 aliphatic heterocycles. The minimum atomic E-state index is 0.0515. The minimum Gasteiger partial charge on any atom is -0.487 e. The number of rotatable bonds is 6. The fraction of sp³-hybridized carbons (Fsp3) is 0.241. The number of ether oxygens (including phenoxy) is 1. The maximum absolute atomic E-state index is 13.7. The predicted molar refractivity (Wildman–Crippen MR) is 170 cm³/mol. The van der Waals surface area contributed by atoms with Crippen LogP contribution in [0.5, 0.6) is 5.75 Å². The molecule has 0 aromatic heterocycles. The summed E-state index contributed by atoms with van der Waals surface area (Å²) in [5.41, 5.74) is 2.78. The highest BCUT2D eigenvalue weighted by molar-refractivity contribution is 14.1. The zero-order chi connectivity index (χ0) is 25.8. The molecule has 2 aliphatic rings. The second kappa shape index (κ2) is 12.5. The summed E-state index contributed by atoms with van der Waals surface area (Å²) in [7, 11) is 0. The second-order valence-electron chi connectivity index (χ2n) is 9.00. The van der Waals surface area contributed by atoms with E-state index in [2.05, 4.69) is 57.3 Å². The number of hydrogen-bond acceptors (Lipinski definition) is 4. The van der Waals surface area contributed by atoms with E-state index < -0.39 is 0 Å². The molecular weight excluding hydrogens is 730 g/mol. The molecule has 8 heteroatoms. The molecule has 0 N–H and O–H groups in total. The van der Waals surface area contributed by atoms with Crippen LogP contribution in [-0.2, 0) is 11.4 Å². The summed E-state index contributed by atoms with van der Waals surface area (Å²) in [5.74, 6) is 0.875. The Bertz CT molecular complexity index is 1330. The summed E-state index contributed by atoms with van der Waals surface area (Å²) in [6.07, 6.45) is 7.59. The van der Waals surface area contributed by atoms with E-state index in [1.54, 1.807) is 0 Å². The molecule has 1 amide bonds. The molecule has 0 atom stereocenters. The summed E-state index contributed by atoms with van der Waals surface area (Å²) in [6, 6.07) is 21.9. The van der Waals surface area contributed by atoms with E-state index in [1.165, 1.54) is 18.2 Å². The maximum atomic E-state index is 13.7. The van der Waals surface area contributed by atoms with E-state index in [-0.39, 0.29) is 11.9 Å². The lowest BCUT2D eigenvalue weighted by Gasteiger charge is -2.30. The number of halogens is 3. The van der Waals surface area contributed by atoms with Gasteiger partial charge in [-0.25, -0.2) is 4.99 Å². The van der Waals surface area contributed by atoms with Crippen LogP contribution in [0.2, 0.25) is 5.02 Å². The first-order chi connectivity index (χ1) is 18.0. The molecule has 3 aromatic carbocycles. The van der Waals surface area contributed by atoms with Gasteiger partial charge in [-0.1, -0.05) is 67.3 Å². The number of carbonyl (C=O) groups excluding carboxylic acids is 1. The Labute approximate surface area is 254 Å². The van der Waals surface area contributed by atoms with Gasteiger partial charge in [0.25, 0.3) is 5.91 Å². The molecule has 1 saturated heterocycles. The van der Waals surface area contributed by atoms with Gasteiger partial charge in [0.05, 0.1) is 17.7 Å². The fourth-order valence-electron chi connectivity index (χ4n) is 4.56. The Kier molecular flexibility index (Phi) is 9.15. The van der Waals surface area contributed by atoms with Gasteiger partial charge in [0.2, 0.25) is 0 Å². The molecule has 4 nitrogen and oxygen atoms in total. The van der Waals surface area contributed by atoms with Gasteiger partial charge in [-0.05, 0) is 112 Å². The maximum Gasteiger partial charge on any atom is 0.267 e. The van der Waals surface area contributed by atoms with Gasteiger partial charge in [0.1, 0.15) is 12.4 Å². The number of hydrogen-bond donors (Lipinski definition) is 0. The smallest absolute Gasteiger partial charge is 0.267 e. The van der Waals surface area contributed by atoms with Gasteiger partial charge >= 0.3 is 0 Å². The first-order valence-corrected chi connectivity index (χ1v) is 15.6. The summed E-state index contributed by atoms with van der Waals surface area (Å²) in [4.78, 5) is 21.2. The number of nitrogens with zero attached hydrogens (tertiary/aromatic N) is 2. The topological polar surface area (TPSA) is 41.9 Å². The third-order valence-electron chi connectivity index (χ3n) is 6.41. The highest BCUT2D eigenvalue weighted by Gasteiger charge is 2.38. The van der Waals surface area contributed by atoms with E-state index in [4.69, 9.17) is 21.3 Å². The van der Waals surface area contributed by atoms with Crippen molar-refractivity contribution in [1.82, 2.24) is 4.90 Å². The number of aliphatic imine (C=N–C) groups is 1. The summed E-state index contributed by atoms with van der Waals surface area (Å²) in [5, 5.41) is 1.47. The van der Waals surface area contributed by atoms with Gasteiger partial charge in [-0.3, -0.25) is 9.69 Å². The van der Waals surface area contributed by atoms with Crippen LogP contribution in [0, 0.1) is 7.14 Å². The third kappa shape index (κ3) is 6.54. The van der Waals surface area contributed by atoms with Crippen molar-refractivity contribution >= 4 is 91.4 Å². The predicted octanol–water partition coefficient (Wildman–Crippen LogP) is 9.06. The number of para-hydroxylation sites is 1. The van der Waals surface area contributed by atoms with Crippen LogP contribution in [0.1, 0.15) is 43.2 Å². The van der Waals surface area contributed by atoms with Gasteiger partial charge in [-0.15, -0.1) is 0 Å². The lowest BCUT2D eigenvalue weighted by molar-refractivity contribution is -0.124. The number of amidine groups is 1. The van der Waals surface area contributed by atoms with Crippen LogP contribution in [0.25, 0.3) is 6.08 Å². The molecule has 1 saturated carbocycles. The van der Waals surface area contributed by atoms with Gasteiger partial charge in [-0.2, -0.15) is 0 Å². The van der Waals surface area contributed by atoms with E-state index in [0.29, 0.717) is 16.5 Å². The highest BCUT2D eigenvalue weighted by atomic mass is 127.